The number of thiocarbonyl (C=S) groups is 1. The monoisotopic (exact) mass is 477 g/mol. The molecule has 0 unspecified atom stereocenters. The van der Waals surface area contributed by atoms with Crippen LogP contribution in [0.3, 0.4) is 0 Å². The molecule has 1 aromatic rings. The van der Waals surface area contributed by atoms with E-state index in [1.807, 2.05) is 6.07 Å². The van der Waals surface area contributed by atoms with Gasteiger partial charge in [0.25, 0.3) is 11.5 Å². The predicted octanol–water partition coefficient (Wildman–Crippen LogP) is 0.527. The number of β-amino-alcohol motifs (C(OH)–C–C–N with tert-alkyl or cyclic N) is 1. The number of thioether (sulfide) groups is 1. The van der Waals surface area contributed by atoms with Gasteiger partial charge < -0.3 is 14.7 Å². The molecule has 0 saturated carbocycles. The lowest BCUT2D eigenvalue weighted by Crippen LogP contribution is -2.49. The van der Waals surface area contributed by atoms with Crippen LogP contribution in [-0.2, 0) is 16.6 Å². The largest absolute Gasteiger partial charge is 0.395 e. The van der Waals surface area contributed by atoms with Crippen molar-refractivity contribution >= 4 is 46.1 Å². The maximum absolute atomic E-state index is 13.0. The number of pyridine rings is 1. The summed E-state index contributed by atoms with van der Waals surface area (Å²) in [4.78, 5) is 32.0. The minimum Gasteiger partial charge on any atom is -0.395 e. The maximum atomic E-state index is 13.0. The summed E-state index contributed by atoms with van der Waals surface area (Å²) in [5.41, 5.74) is 0.927. The van der Waals surface area contributed by atoms with Gasteiger partial charge >= 0.3 is 0 Å². The van der Waals surface area contributed by atoms with Crippen molar-refractivity contribution in [1.29, 1.82) is 5.26 Å². The van der Waals surface area contributed by atoms with E-state index in [9.17, 15) is 20.0 Å². The quantitative estimate of drug-likeness (QED) is 0.445. The van der Waals surface area contributed by atoms with Crippen LogP contribution in [0.2, 0.25) is 0 Å². The SMILES string of the molecule is COCCN1C(=O)C(=Cc2c(C)c(C#N)c(=O)n(C)c2N2CCN(CCO)CC2)SC1=S. The van der Waals surface area contributed by atoms with Gasteiger partial charge in [-0.05, 0) is 18.6 Å². The van der Waals surface area contributed by atoms with Crippen molar-refractivity contribution in [1.82, 2.24) is 14.4 Å². The lowest BCUT2D eigenvalue weighted by molar-refractivity contribution is -0.122. The number of hydrogen-bond acceptors (Lipinski definition) is 9. The number of amides is 1. The Balaban J connectivity index is 2.06. The number of carbonyl (C=O) groups excluding carboxylic acids is 1. The summed E-state index contributed by atoms with van der Waals surface area (Å²) in [7, 11) is 3.22. The molecule has 0 radical (unpaired) electrons. The first-order valence-corrected chi connectivity index (χ1v) is 11.5. The summed E-state index contributed by atoms with van der Waals surface area (Å²) in [6, 6.07) is 2.02. The van der Waals surface area contributed by atoms with Gasteiger partial charge in [-0.25, -0.2) is 0 Å². The van der Waals surface area contributed by atoms with Crippen molar-refractivity contribution < 1.29 is 14.6 Å². The van der Waals surface area contributed by atoms with E-state index in [1.54, 1.807) is 27.2 Å². The Bertz CT molecular complexity index is 1040. The molecule has 1 N–H and O–H groups in total. The first kappa shape index (κ1) is 24.4. The molecule has 0 atom stereocenters. The van der Waals surface area contributed by atoms with Gasteiger partial charge in [-0.15, -0.1) is 0 Å². The fourth-order valence-electron chi connectivity index (χ4n) is 3.93. The van der Waals surface area contributed by atoms with E-state index in [1.165, 1.54) is 21.2 Å². The number of aromatic nitrogens is 1. The number of ether oxygens (including phenoxy) is 1. The minimum absolute atomic E-state index is 0.0660. The van der Waals surface area contributed by atoms with E-state index < -0.39 is 0 Å². The molecule has 0 spiro atoms. The Morgan fingerprint density at radius 2 is 1.94 bits per heavy atom. The number of nitrogens with zero attached hydrogens (tertiary/aromatic N) is 5. The number of anilines is 1. The topological polar surface area (TPSA) is 102 Å². The van der Waals surface area contributed by atoms with Crippen LogP contribution in [0.4, 0.5) is 5.82 Å². The molecular weight excluding hydrogens is 450 g/mol. The Hall–Kier alpha value is -2.23. The maximum Gasteiger partial charge on any atom is 0.270 e. The third-order valence-corrected chi connectivity index (χ3v) is 7.10. The van der Waals surface area contributed by atoms with E-state index in [0.29, 0.717) is 59.0 Å². The zero-order valence-electron chi connectivity index (χ0n) is 18.5. The highest BCUT2D eigenvalue weighted by Gasteiger charge is 2.33. The molecule has 0 aromatic carbocycles. The summed E-state index contributed by atoms with van der Waals surface area (Å²) in [6.07, 6.45) is 1.75. The van der Waals surface area contributed by atoms with Crippen LogP contribution in [-0.4, -0.2) is 89.3 Å². The molecule has 11 heteroatoms. The molecule has 2 aliphatic heterocycles. The lowest BCUT2D eigenvalue weighted by Gasteiger charge is -2.37. The van der Waals surface area contributed by atoms with Gasteiger partial charge in [0.1, 0.15) is 21.8 Å². The van der Waals surface area contributed by atoms with Crippen molar-refractivity contribution in [3.05, 3.63) is 31.9 Å². The second kappa shape index (κ2) is 10.6. The van der Waals surface area contributed by atoms with Crippen LogP contribution in [0.25, 0.3) is 6.08 Å². The Morgan fingerprint density at radius 3 is 2.53 bits per heavy atom. The Kier molecular flexibility index (Phi) is 8.08. The summed E-state index contributed by atoms with van der Waals surface area (Å²) >= 11 is 6.59. The fourth-order valence-corrected chi connectivity index (χ4v) is 5.22. The lowest BCUT2D eigenvalue weighted by atomic mass is 10.0. The molecule has 0 aliphatic carbocycles. The average Bonchev–Trinajstić information content (AvgIpc) is 3.04. The molecule has 1 amide bonds. The minimum atomic E-state index is -0.359. The summed E-state index contributed by atoms with van der Waals surface area (Å²) in [6.45, 7) is 6.00. The molecule has 2 saturated heterocycles. The number of carbonyl (C=O) groups is 1. The molecule has 32 heavy (non-hydrogen) atoms. The first-order chi connectivity index (χ1) is 15.3. The van der Waals surface area contributed by atoms with Crippen LogP contribution in [0.5, 0.6) is 0 Å². The third-order valence-electron chi connectivity index (χ3n) is 5.72. The number of aliphatic hydroxyl groups is 1. The van der Waals surface area contributed by atoms with E-state index >= 15 is 0 Å². The van der Waals surface area contributed by atoms with Gasteiger partial charge in [0.2, 0.25) is 0 Å². The zero-order valence-corrected chi connectivity index (χ0v) is 20.1. The average molecular weight is 478 g/mol. The molecule has 172 valence electrons. The van der Waals surface area contributed by atoms with E-state index in [4.69, 9.17) is 17.0 Å². The van der Waals surface area contributed by atoms with Crippen LogP contribution >= 0.6 is 24.0 Å². The van der Waals surface area contributed by atoms with Crippen molar-refractivity contribution in [2.24, 2.45) is 7.05 Å². The molecule has 3 heterocycles. The number of nitriles is 1. The van der Waals surface area contributed by atoms with Crippen molar-refractivity contribution in [3.63, 3.8) is 0 Å². The number of hydrogen-bond donors (Lipinski definition) is 1. The number of rotatable bonds is 7. The standard InChI is InChI=1S/C21H27N5O4S2/c1-14-15(12-17-20(29)26(9-11-30-3)21(31)32-17)18(23(2)19(28)16(14)13-22)25-6-4-24(5-7-25)8-10-27/h12,27H,4-11H2,1-3H3. The Labute approximate surface area is 196 Å². The summed E-state index contributed by atoms with van der Waals surface area (Å²) < 4.78 is 7.02. The summed E-state index contributed by atoms with van der Waals surface area (Å²) in [5.74, 6) is 0.472. The van der Waals surface area contributed by atoms with Crippen molar-refractivity contribution in [2.75, 3.05) is 64.5 Å². The van der Waals surface area contributed by atoms with Gasteiger partial charge in [0.05, 0.1) is 24.7 Å². The van der Waals surface area contributed by atoms with Crippen LogP contribution in [0, 0.1) is 18.3 Å². The molecule has 3 rings (SSSR count). The van der Waals surface area contributed by atoms with Gasteiger partial charge in [0, 0.05) is 52.4 Å². The van der Waals surface area contributed by atoms with E-state index in [-0.39, 0.29) is 23.6 Å². The number of methoxy groups -OCH3 is 1. The predicted molar refractivity (Wildman–Crippen MR) is 129 cm³/mol. The smallest absolute Gasteiger partial charge is 0.270 e. The van der Waals surface area contributed by atoms with E-state index in [0.717, 1.165) is 13.1 Å². The van der Waals surface area contributed by atoms with Crippen LogP contribution < -0.4 is 10.5 Å². The van der Waals surface area contributed by atoms with Gasteiger partial charge in [-0.2, -0.15) is 5.26 Å². The van der Waals surface area contributed by atoms with Crippen LogP contribution in [0.15, 0.2) is 9.70 Å². The summed E-state index contributed by atoms with van der Waals surface area (Å²) in [5, 5.41) is 18.8. The first-order valence-electron chi connectivity index (χ1n) is 10.3. The highest BCUT2D eigenvalue weighted by Crippen LogP contribution is 2.35. The molecule has 2 fully saturated rings. The van der Waals surface area contributed by atoms with Crippen molar-refractivity contribution in [2.45, 2.75) is 6.92 Å². The Morgan fingerprint density at radius 1 is 1.25 bits per heavy atom. The number of piperazine rings is 1. The van der Waals surface area contributed by atoms with E-state index in [2.05, 4.69) is 9.80 Å². The fraction of sp³-hybridized carbons (Fsp3) is 0.524. The third kappa shape index (κ3) is 4.74. The number of aliphatic hydroxyl groups excluding tert-OH is 1. The molecule has 2 aliphatic rings. The second-order valence-electron chi connectivity index (χ2n) is 7.59. The molecule has 0 bridgehead atoms. The highest BCUT2D eigenvalue weighted by atomic mass is 32.2. The van der Waals surface area contributed by atoms with Gasteiger partial charge in [-0.1, -0.05) is 24.0 Å². The molecule has 9 nitrogen and oxygen atoms in total. The second-order valence-corrected chi connectivity index (χ2v) is 9.27. The normalized spacial score (nSPS) is 18.7. The van der Waals surface area contributed by atoms with Gasteiger partial charge in [0.15, 0.2) is 0 Å². The van der Waals surface area contributed by atoms with Gasteiger partial charge in [-0.3, -0.25) is 24.0 Å². The zero-order chi connectivity index (χ0) is 23.4. The highest BCUT2D eigenvalue weighted by molar-refractivity contribution is 8.26. The van der Waals surface area contributed by atoms with Crippen LogP contribution in [0.1, 0.15) is 16.7 Å². The van der Waals surface area contributed by atoms with Crippen molar-refractivity contribution in [3.8, 4) is 6.07 Å². The molecule has 1 aromatic heterocycles. The molecular formula is C21H27N5O4S2.